The van der Waals surface area contributed by atoms with Crippen molar-refractivity contribution in [3.8, 4) is 0 Å². The molecule has 210 valence electrons. The molecule has 2 unspecified atom stereocenters. The van der Waals surface area contributed by atoms with Crippen LogP contribution in [-0.2, 0) is 10.2 Å². The highest BCUT2D eigenvalue weighted by atomic mass is 16.2. The molecular weight excluding hydrogens is 484 g/mol. The van der Waals surface area contributed by atoms with Crippen molar-refractivity contribution >= 4 is 11.8 Å². The normalized spacial score (nSPS) is 23.2. The standard InChI is InChI=1S/C33H46N4O2/c1-24-11-15-34-25(2)30(24)31(39)37-22-26-20-35(21-27(26)23-37)16-12-33(28-9-7-6-8-10-28)13-17-36(18-14-33)29(38)19-32(3,4)5/h6-11,15,26-27H,12-14,16-23H2,1-5H3. The van der Waals surface area contributed by atoms with Crippen molar-refractivity contribution in [1.82, 2.24) is 19.7 Å². The van der Waals surface area contributed by atoms with Crippen LogP contribution in [0.15, 0.2) is 42.6 Å². The molecule has 0 bridgehead atoms. The van der Waals surface area contributed by atoms with Crippen LogP contribution in [0.25, 0.3) is 0 Å². The maximum atomic E-state index is 13.3. The molecule has 39 heavy (non-hydrogen) atoms. The molecule has 2 aromatic rings. The largest absolute Gasteiger partial charge is 0.343 e. The minimum absolute atomic E-state index is 0.0225. The van der Waals surface area contributed by atoms with Gasteiger partial charge in [-0.05, 0) is 79.5 Å². The van der Waals surface area contributed by atoms with Crippen LogP contribution in [0.2, 0.25) is 0 Å². The summed E-state index contributed by atoms with van der Waals surface area (Å²) < 4.78 is 0. The van der Waals surface area contributed by atoms with Crippen molar-refractivity contribution in [2.24, 2.45) is 17.3 Å². The Hall–Kier alpha value is -2.73. The Balaban J connectivity index is 1.19. The summed E-state index contributed by atoms with van der Waals surface area (Å²) in [5.41, 5.74) is 4.20. The Kier molecular flexibility index (Phi) is 7.87. The van der Waals surface area contributed by atoms with Gasteiger partial charge in [-0.25, -0.2) is 0 Å². The van der Waals surface area contributed by atoms with E-state index in [9.17, 15) is 9.59 Å². The van der Waals surface area contributed by atoms with Crippen LogP contribution in [0.3, 0.4) is 0 Å². The van der Waals surface area contributed by atoms with Gasteiger partial charge in [-0.1, -0.05) is 51.1 Å². The maximum Gasteiger partial charge on any atom is 0.255 e. The number of piperidine rings is 1. The van der Waals surface area contributed by atoms with Gasteiger partial charge < -0.3 is 14.7 Å². The lowest BCUT2D eigenvalue weighted by Gasteiger charge is -2.43. The Labute approximate surface area is 234 Å². The van der Waals surface area contributed by atoms with E-state index in [0.29, 0.717) is 24.2 Å². The molecule has 0 aliphatic carbocycles. The Morgan fingerprint density at radius 1 is 0.923 bits per heavy atom. The van der Waals surface area contributed by atoms with Gasteiger partial charge in [0.05, 0.1) is 11.3 Å². The number of fused-ring (bicyclic) bond motifs is 1. The van der Waals surface area contributed by atoms with Crippen LogP contribution in [0.4, 0.5) is 0 Å². The van der Waals surface area contributed by atoms with E-state index < -0.39 is 0 Å². The zero-order valence-electron chi connectivity index (χ0n) is 24.6. The number of aromatic nitrogens is 1. The highest BCUT2D eigenvalue weighted by Gasteiger charge is 2.43. The van der Waals surface area contributed by atoms with E-state index in [4.69, 9.17) is 0 Å². The van der Waals surface area contributed by atoms with E-state index in [0.717, 1.165) is 81.9 Å². The molecular formula is C33H46N4O2. The van der Waals surface area contributed by atoms with Crippen LogP contribution in [-0.4, -0.2) is 77.3 Å². The summed E-state index contributed by atoms with van der Waals surface area (Å²) in [5, 5.41) is 0. The zero-order chi connectivity index (χ0) is 27.8. The minimum atomic E-state index is 0.0225. The molecule has 0 spiro atoms. The second-order valence-corrected chi connectivity index (χ2v) is 13.6. The first kappa shape index (κ1) is 27.8. The number of benzene rings is 1. The van der Waals surface area contributed by atoms with Crippen LogP contribution < -0.4 is 0 Å². The molecule has 3 aliphatic heterocycles. The van der Waals surface area contributed by atoms with Gasteiger partial charge in [0.25, 0.3) is 5.91 Å². The quantitative estimate of drug-likeness (QED) is 0.522. The third-order valence-electron chi connectivity index (χ3n) is 9.46. The fourth-order valence-electron chi connectivity index (χ4n) is 7.21. The van der Waals surface area contributed by atoms with E-state index in [1.807, 2.05) is 19.9 Å². The van der Waals surface area contributed by atoms with Crippen LogP contribution in [0.1, 0.15) is 73.6 Å². The Morgan fingerprint density at radius 2 is 1.56 bits per heavy atom. The summed E-state index contributed by atoms with van der Waals surface area (Å²) in [5.74, 6) is 1.55. The molecule has 0 N–H and O–H groups in total. The van der Waals surface area contributed by atoms with Gasteiger partial charge in [-0.2, -0.15) is 0 Å². The van der Waals surface area contributed by atoms with Gasteiger partial charge in [0.1, 0.15) is 0 Å². The number of rotatable bonds is 6. The highest BCUT2D eigenvalue weighted by Crippen LogP contribution is 2.41. The van der Waals surface area contributed by atoms with Crippen molar-refractivity contribution < 1.29 is 9.59 Å². The lowest BCUT2D eigenvalue weighted by molar-refractivity contribution is -0.134. The number of nitrogens with zero attached hydrogens (tertiary/aromatic N) is 4. The SMILES string of the molecule is Cc1ccnc(C)c1C(=O)N1CC2CN(CCC3(c4ccccc4)CCN(C(=O)CC(C)(C)C)CC3)CC2C1. The van der Waals surface area contributed by atoms with Gasteiger partial charge in [0.2, 0.25) is 5.91 Å². The summed E-state index contributed by atoms with van der Waals surface area (Å²) in [6.45, 7) is 17.0. The van der Waals surface area contributed by atoms with Crippen molar-refractivity contribution in [2.75, 3.05) is 45.8 Å². The summed E-state index contributed by atoms with van der Waals surface area (Å²) in [6, 6.07) is 12.9. The van der Waals surface area contributed by atoms with Crippen molar-refractivity contribution in [3.63, 3.8) is 0 Å². The van der Waals surface area contributed by atoms with E-state index >= 15 is 0 Å². The number of amides is 2. The second kappa shape index (κ2) is 11.0. The number of pyridine rings is 1. The number of likely N-dealkylation sites (tertiary alicyclic amines) is 3. The first-order valence-electron chi connectivity index (χ1n) is 14.8. The lowest BCUT2D eigenvalue weighted by Crippen LogP contribution is -2.47. The van der Waals surface area contributed by atoms with Crippen molar-refractivity contribution in [2.45, 2.75) is 65.7 Å². The molecule has 1 aromatic carbocycles. The number of carbonyl (C=O) groups is 2. The van der Waals surface area contributed by atoms with Crippen molar-refractivity contribution in [1.29, 1.82) is 0 Å². The fraction of sp³-hybridized carbons (Fsp3) is 0.606. The van der Waals surface area contributed by atoms with E-state index in [1.165, 1.54) is 5.56 Å². The van der Waals surface area contributed by atoms with Gasteiger partial charge >= 0.3 is 0 Å². The molecule has 6 nitrogen and oxygen atoms in total. The lowest BCUT2D eigenvalue weighted by atomic mass is 9.70. The molecule has 3 aliphatic rings. The number of hydrogen-bond acceptors (Lipinski definition) is 4. The molecule has 5 rings (SSSR count). The molecule has 3 saturated heterocycles. The summed E-state index contributed by atoms with van der Waals surface area (Å²) in [7, 11) is 0. The van der Waals surface area contributed by atoms with Crippen LogP contribution in [0, 0.1) is 31.1 Å². The summed E-state index contributed by atoms with van der Waals surface area (Å²) >= 11 is 0. The Morgan fingerprint density at radius 3 is 2.15 bits per heavy atom. The van der Waals surface area contributed by atoms with Gasteiger partial charge in [-0.3, -0.25) is 14.6 Å². The van der Waals surface area contributed by atoms with E-state index in [-0.39, 0.29) is 16.7 Å². The second-order valence-electron chi connectivity index (χ2n) is 13.6. The summed E-state index contributed by atoms with van der Waals surface area (Å²) in [4.78, 5) is 37.4. The molecule has 2 amide bonds. The van der Waals surface area contributed by atoms with Gasteiger partial charge in [0, 0.05) is 51.9 Å². The summed E-state index contributed by atoms with van der Waals surface area (Å²) in [6.07, 6.45) is 5.57. The van der Waals surface area contributed by atoms with E-state index in [2.05, 4.69) is 70.8 Å². The number of aryl methyl sites for hydroxylation is 2. The zero-order valence-corrected chi connectivity index (χ0v) is 24.6. The highest BCUT2D eigenvalue weighted by molar-refractivity contribution is 5.96. The topological polar surface area (TPSA) is 56.8 Å². The number of hydrogen-bond donors (Lipinski definition) is 0. The molecule has 3 fully saturated rings. The maximum absolute atomic E-state index is 13.3. The molecule has 1 aromatic heterocycles. The number of carbonyl (C=O) groups excluding carboxylic acids is 2. The first-order valence-corrected chi connectivity index (χ1v) is 14.8. The smallest absolute Gasteiger partial charge is 0.255 e. The van der Waals surface area contributed by atoms with Gasteiger partial charge in [0.15, 0.2) is 0 Å². The third kappa shape index (κ3) is 6.06. The van der Waals surface area contributed by atoms with Gasteiger partial charge in [-0.15, -0.1) is 0 Å². The molecule has 6 heteroatoms. The predicted molar refractivity (Wildman–Crippen MR) is 156 cm³/mol. The monoisotopic (exact) mass is 530 g/mol. The van der Waals surface area contributed by atoms with E-state index in [1.54, 1.807) is 6.20 Å². The van der Waals surface area contributed by atoms with Crippen LogP contribution in [0.5, 0.6) is 0 Å². The first-order chi connectivity index (χ1) is 18.5. The van der Waals surface area contributed by atoms with Crippen LogP contribution >= 0.6 is 0 Å². The fourth-order valence-corrected chi connectivity index (χ4v) is 7.21. The van der Waals surface area contributed by atoms with Crippen molar-refractivity contribution in [3.05, 3.63) is 65.0 Å². The predicted octanol–water partition coefficient (Wildman–Crippen LogP) is 5.09. The molecule has 0 radical (unpaired) electrons. The average Bonchev–Trinajstić information content (AvgIpc) is 3.46. The molecule has 4 heterocycles. The molecule has 0 saturated carbocycles. The molecule has 2 atom stereocenters. The minimum Gasteiger partial charge on any atom is -0.343 e. The Bertz CT molecular complexity index is 1150. The third-order valence-corrected chi connectivity index (χ3v) is 9.46. The average molecular weight is 531 g/mol.